The molecule has 104 valence electrons. The van der Waals surface area contributed by atoms with Gasteiger partial charge in [-0.2, -0.15) is 0 Å². The molecule has 5 heteroatoms. The van der Waals surface area contributed by atoms with Crippen LogP contribution in [0.4, 0.5) is 5.69 Å². The van der Waals surface area contributed by atoms with Gasteiger partial charge in [0, 0.05) is 16.3 Å². The number of nitrogens with two attached hydrogens (primary N) is 1. The van der Waals surface area contributed by atoms with Crippen LogP contribution in [-0.4, -0.2) is 22.5 Å². The Bertz CT molecular complexity index is 788. The second-order valence-corrected chi connectivity index (χ2v) is 6.18. The van der Waals surface area contributed by atoms with E-state index in [2.05, 4.69) is 0 Å². The van der Waals surface area contributed by atoms with Gasteiger partial charge in [0.15, 0.2) is 0 Å². The number of amides is 2. The minimum absolute atomic E-state index is 0.210. The Hall–Kier alpha value is -2.27. The van der Waals surface area contributed by atoms with E-state index in [-0.39, 0.29) is 17.9 Å². The highest BCUT2D eigenvalue weighted by Gasteiger charge is 2.43. The molecule has 0 spiro atoms. The van der Waals surface area contributed by atoms with Gasteiger partial charge in [-0.3, -0.25) is 14.5 Å². The largest absolute Gasteiger partial charge is 0.398 e. The van der Waals surface area contributed by atoms with Crippen molar-refractivity contribution in [1.29, 1.82) is 0 Å². The summed E-state index contributed by atoms with van der Waals surface area (Å²) >= 11 is 1.67. The van der Waals surface area contributed by atoms with Gasteiger partial charge in [0.05, 0.1) is 17.2 Å². The number of fused-ring (bicyclic) bond motifs is 2. The Morgan fingerprint density at radius 1 is 1.05 bits per heavy atom. The molecule has 2 N–H and O–H groups in total. The first-order valence-corrected chi connectivity index (χ1v) is 7.65. The fourth-order valence-corrected chi connectivity index (χ4v) is 4.18. The summed E-state index contributed by atoms with van der Waals surface area (Å²) in [6.07, 6.45) is 0. The summed E-state index contributed by atoms with van der Waals surface area (Å²) in [5, 5.41) is 0. The van der Waals surface area contributed by atoms with Crippen molar-refractivity contribution in [2.45, 2.75) is 10.9 Å². The van der Waals surface area contributed by atoms with E-state index in [1.807, 2.05) is 24.3 Å². The average Bonchev–Trinajstić information content (AvgIpc) is 3.00. The molecular weight excluding hydrogens is 284 g/mol. The van der Waals surface area contributed by atoms with E-state index in [4.69, 9.17) is 5.73 Å². The van der Waals surface area contributed by atoms with Crippen molar-refractivity contribution in [3.8, 4) is 0 Å². The zero-order valence-electron chi connectivity index (χ0n) is 11.1. The van der Waals surface area contributed by atoms with Gasteiger partial charge in [-0.15, -0.1) is 11.8 Å². The van der Waals surface area contributed by atoms with Crippen LogP contribution in [0.1, 0.15) is 32.3 Å². The third kappa shape index (κ3) is 1.64. The van der Waals surface area contributed by atoms with Crippen molar-refractivity contribution >= 4 is 29.3 Å². The molecule has 0 fully saturated rings. The predicted molar refractivity (Wildman–Crippen MR) is 81.3 cm³/mol. The number of rotatable bonds is 1. The normalized spacial score (nSPS) is 19.8. The summed E-state index contributed by atoms with van der Waals surface area (Å²) < 4.78 is 0. The Labute approximate surface area is 125 Å². The van der Waals surface area contributed by atoms with Crippen LogP contribution < -0.4 is 5.73 Å². The molecule has 2 aromatic carbocycles. The number of carbonyl (C=O) groups is 2. The zero-order valence-corrected chi connectivity index (χ0v) is 11.9. The van der Waals surface area contributed by atoms with Crippen LogP contribution in [0, 0.1) is 0 Å². The fourth-order valence-electron chi connectivity index (χ4n) is 2.97. The van der Waals surface area contributed by atoms with Crippen molar-refractivity contribution in [2.24, 2.45) is 0 Å². The van der Waals surface area contributed by atoms with E-state index in [0.717, 1.165) is 10.5 Å². The number of carbonyl (C=O) groups excluding carboxylic acids is 2. The van der Waals surface area contributed by atoms with E-state index in [1.54, 1.807) is 30.0 Å². The summed E-state index contributed by atoms with van der Waals surface area (Å²) in [6.45, 7) is 0. The quantitative estimate of drug-likeness (QED) is 0.649. The van der Waals surface area contributed by atoms with Gasteiger partial charge >= 0.3 is 0 Å². The molecule has 4 nitrogen and oxygen atoms in total. The highest BCUT2D eigenvalue weighted by molar-refractivity contribution is 7.99. The maximum absolute atomic E-state index is 12.6. The summed E-state index contributed by atoms with van der Waals surface area (Å²) in [4.78, 5) is 27.7. The molecule has 2 aliphatic heterocycles. The molecular formula is C16H12N2O2S. The highest BCUT2D eigenvalue weighted by atomic mass is 32.2. The molecule has 21 heavy (non-hydrogen) atoms. The first kappa shape index (κ1) is 12.5. The molecule has 4 rings (SSSR count). The van der Waals surface area contributed by atoms with Crippen molar-refractivity contribution < 1.29 is 9.59 Å². The van der Waals surface area contributed by atoms with Crippen LogP contribution in [0.3, 0.4) is 0 Å². The van der Waals surface area contributed by atoms with Crippen molar-refractivity contribution in [1.82, 2.24) is 4.90 Å². The van der Waals surface area contributed by atoms with Crippen molar-refractivity contribution in [3.05, 3.63) is 59.2 Å². The summed E-state index contributed by atoms with van der Waals surface area (Å²) in [5.41, 5.74) is 8.04. The number of hydrogen-bond donors (Lipinski definition) is 1. The van der Waals surface area contributed by atoms with Crippen LogP contribution in [0.5, 0.6) is 0 Å². The van der Waals surface area contributed by atoms with E-state index < -0.39 is 0 Å². The monoisotopic (exact) mass is 296 g/mol. The van der Waals surface area contributed by atoms with Crippen molar-refractivity contribution in [2.75, 3.05) is 11.5 Å². The molecule has 0 bridgehead atoms. The fraction of sp³-hybridized carbons (Fsp3) is 0.125. The first-order valence-electron chi connectivity index (χ1n) is 6.66. The van der Waals surface area contributed by atoms with Gasteiger partial charge in [0.2, 0.25) is 0 Å². The molecule has 0 aromatic heterocycles. The summed E-state index contributed by atoms with van der Waals surface area (Å²) in [7, 11) is 0. The van der Waals surface area contributed by atoms with Crippen LogP contribution in [0.25, 0.3) is 0 Å². The van der Waals surface area contributed by atoms with E-state index in [0.29, 0.717) is 22.6 Å². The predicted octanol–water partition coefficient (Wildman–Crippen LogP) is 2.71. The molecule has 2 amide bonds. The molecule has 0 saturated heterocycles. The lowest BCUT2D eigenvalue weighted by Crippen LogP contribution is -2.34. The van der Waals surface area contributed by atoms with Crippen LogP contribution in [0.15, 0.2) is 47.4 Å². The number of nitrogen functional groups attached to an aromatic ring is 1. The topological polar surface area (TPSA) is 63.4 Å². The third-order valence-corrected chi connectivity index (χ3v) is 5.13. The van der Waals surface area contributed by atoms with Crippen LogP contribution >= 0.6 is 11.8 Å². The molecule has 0 saturated carbocycles. The van der Waals surface area contributed by atoms with Gasteiger partial charge in [0.1, 0.15) is 0 Å². The molecule has 2 aromatic rings. The number of imide groups is 1. The molecule has 2 aliphatic rings. The number of hydrogen-bond acceptors (Lipinski definition) is 4. The van der Waals surface area contributed by atoms with Gasteiger partial charge in [-0.05, 0) is 23.8 Å². The van der Waals surface area contributed by atoms with Gasteiger partial charge in [0.25, 0.3) is 11.8 Å². The van der Waals surface area contributed by atoms with Gasteiger partial charge < -0.3 is 5.73 Å². The maximum atomic E-state index is 12.6. The molecule has 1 unspecified atom stereocenters. The third-order valence-electron chi connectivity index (χ3n) is 3.96. The number of anilines is 1. The SMILES string of the molecule is Nc1cccc2c1C(=O)N(C1CSc3ccccc31)C2=O. The average molecular weight is 296 g/mol. The van der Waals surface area contributed by atoms with E-state index in [9.17, 15) is 9.59 Å². The second-order valence-electron chi connectivity index (χ2n) is 5.11. The van der Waals surface area contributed by atoms with Crippen LogP contribution in [0.2, 0.25) is 0 Å². The van der Waals surface area contributed by atoms with Crippen molar-refractivity contribution in [3.63, 3.8) is 0 Å². The van der Waals surface area contributed by atoms with E-state index >= 15 is 0 Å². The lowest BCUT2D eigenvalue weighted by atomic mass is 10.1. The molecule has 2 heterocycles. The maximum Gasteiger partial charge on any atom is 0.264 e. The molecule has 0 aliphatic carbocycles. The lowest BCUT2D eigenvalue weighted by molar-refractivity contribution is 0.0599. The smallest absolute Gasteiger partial charge is 0.264 e. The number of nitrogens with zero attached hydrogens (tertiary/aromatic N) is 1. The van der Waals surface area contributed by atoms with E-state index in [1.165, 1.54) is 4.90 Å². The minimum atomic E-state index is -0.282. The minimum Gasteiger partial charge on any atom is -0.398 e. The Kier molecular flexibility index (Phi) is 2.59. The van der Waals surface area contributed by atoms with Crippen LogP contribution in [-0.2, 0) is 0 Å². The zero-order chi connectivity index (χ0) is 14.6. The summed E-state index contributed by atoms with van der Waals surface area (Å²) in [5.74, 6) is 0.171. The Morgan fingerprint density at radius 2 is 1.86 bits per heavy atom. The molecule has 0 radical (unpaired) electrons. The first-order chi connectivity index (χ1) is 10.2. The van der Waals surface area contributed by atoms with Gasteiger partial charge in [-0.25, -0.2) is 0 Å². The highest BCUT2D eigenvalue weighted by Crippen LogP contribution is 2.44. The lowest BCUT2D eigenvalue weighted by Gasteiger charge is -2.22. The Balaban J connectivity index is 1.81. The number of thioether (sulfide) groups is 1. The standard InChI is InChI=1S/C16H12N2O2S/c17-11-6-3-5-10-14(11)16(20)18(15(10)19)12-8-21-13-7-2-1-4-9(12)13/h1-7,12H,8,17H2. The number of benzene rings is 2. The molecule has 1 atom stereocenters. The Morgan fingerprint density at radius 3 is 2.67 bits per heavy atom. The second kappa shape index (κ2) is 4.36. The summed E-state index contributed by atoms with van der Waals surface area (Å²) in [6, 6.07) is 12.7. The van der Waals surface area contributed by atoms with Gasteiger partial charge in [-0.1, -0.05) is 24.3 Å².